The van der Waals surface area contributed by atoms with Crippen LogP contribution in [-0.4, -0.2) is 17.0 Å². The molecule has 0 radical (unpaired) electrons. The van der Waals surface area contributed by atoms with E-state index in [4.69, 9.17) is 4.74 Å². The highest BCUT2D eigenvalue weighted by molar-refractivity contribution is 5.70. The molecular weight excluding hydrogens is 254 g/mol. The molecule has 0 atom stereocenters. The summed E-state index contributed by atoms with van der Waals surface area (Å²) in [4.78, 5) is 10.8. The van der Waals surface area contributed by atoms with Gasteiger partial charge >= 0.3 is 5.97 Å². The third-order valence-corrected chi connectivity index (χ3v) is 3.43. The van der Waals surface area contributed by atoms with Crippen molar-refractivity contribution in [2.45, 2.75) is 44.4 Å². The molecule has 104 valence electrons. The van der Waals surface area contributed by atoms with Gasteiger partial charge in [0.15, 0.2) is 11.5 Å². The van der Waals surface area contributed by atoms with Crippen LogP contribution in [0.3, 0.4) is 0 Å². The average molecular weight is 270 g/mol. The number of rotatable bonds is 2. The van der Waals surface area contributed by atoms with E-state index in [1.807, 2.05) is 0 Å². The molecule has 0 aliphatic heterocycles. The van der Waals surface area contributed by atoms with Gasteiger partial charge in [-0.15, -0.1) is 0 Å². The van der Waals surface area contributed by atoms with Crippen molar-refractivity contribution >= 4 is 5.97 Å². The molecule has 3 nitrogen and oxygen atoms in total. The quantitative estimate of drug-likeness (QED) is 0.659. The molecule has 0 spiro atoms. The Hall–Kier alpha value is -1.65. The summed E-state index contributed by atoms with van der Waals surface area (Å²) in [6, 6.07) is 4.71. The summed E-state index contributed by atoms with van der Waals surface area (Å²) in [5.74, 6) is -3.09. The van der Waals surface area contributed by atoms with Crippen LogP contribution in [-0.2, 0) is 4.79 Å². The summed E-state index contributed by atoms with van der Waals surface area (Å²) < 4.78 is 31.0. The molecule has 5 heteroatoms. The van der Waals surface area contributed by atoms with Crippen molar-refractivity contribution in [2.24, 2.45) is 0 Å². The van der Waals surface area contributed by atoms with Gasteiger partial charge in [-0.3, -0.25) is 4.79 Å². The van der Waals surface area contributed by atoms with Crippen molar-refractivity contribution in [2.75, 3.05) is 0 Å². The Morgan fingerprint density at radius 3 is 2.53 bits per heavy atom. The van der Waals surface area contributed by atoms with Crippen molar-refractivity contribution in [1.82, 2.24) is 0 Å². The van der Waals surface area contributed by atoms with Crippen LogP contribution in [0, 0.1) is 0 Å². The maximum absolute atomic E-state index is 13.1. The van der Waals surface area contributed by atoms with Gasteiger partial charge in [0.1, 0.15) is 0 Å². The number of aromatic hydroxyl groups is 1. The number of hydrogen-bond acceptors (Lipinski definition) is 3. The van der Waals surface area contributed by atoms with Gasteiger partial charge < -0.3 is 9.84 Å². The molecule has 1 aliphatic rings. The highest BCUT2D eigenvalue weighted by Gasteiger charge is 2.35. The van der Waals surface area contributed by atoms with Crippen molar-refractivity contribution in [3.8, 4) is 11.5 Å². The molecule has 1 aromatic carbocycles. The van der Waals surface area contributed by atoms with Crippen molar-refractivity contribution in [3.05, 3.63) is 23.8 Å². The second-order valence-electron chi connectivity index (χ2n) is 4.95. The van der Waals surface area contributed by atoms with Crippen LogP contribution in [0.4, 0.5) is 8.78 Å². The number of esters is 1. The minimum atomic E-state index is -2.56. The summed E-state index contributed by atoms with van der Waals surface area (Å²) in [7, 11) is 0. The van der Waals surface area contributed by atoms with Crippen LogP contribution in [0.25, 0.3) is 0 Å². The zero-order valence-corrected chi connectivity index (χ0v) is 10.7. The molecule has 0 heterocycles. The minimum absolute atomic E-state index is 0.0249. The van der Waals surface area contributed by atoms with Crippen molar-refractivity contribution in [1.29, 1.82) is 0 Å². The van der Waals surface area contributed by atoms with Gasteiger partial charge in [0.2, 0.25) is 5.92 Å². The Labute approximate surface area is 110 Å². The minimum Gasteiger partial charge on any atom is -0.504 e. The number of carbonyl (C=O) groups excluding carboxylic acids is 1. The van der Waals surface area contributed by atoms with Gasteiger partial charge in [0, 0.05) is 19.8 Å². The topological polar surface area (TPSA) is 46.5 Å². The van der Waals surface area contributed by atoms with Crippen LogP contribution in [0.15, 0.2) is 18.2 Å². The van der Waals surface area contributed by atoms with Crippen molar-refractivity contribution < 1.29 is 23.4 Å². The number of carbonyl (C=O) groups is 1. The first-order chi connectivity index (χ1) is 8.87. The molecule has 19 heavy (non-hydrogen) atoms. The summed E-state index contributed by atoms with van der Waals surface area (Å²) in [6.45, 7) is 1.25. The lowest BCUT2D eigenvalue weighted by Crippen LogP contribution is -2.23. The third-order valence-electron chi connectivity index (χ3n) is 3.43. The first-order valence-electron chi connectivity index (χ1n) is 6.26. The molecule has 0 saturated heterocycles. The first-order valence-corrected chi connectivity index (χ1v) is 6.26. The lowest BCUT2D eigenvalue weighted by molar-refractivity contribution is -0.132. The van der Waals surface area contributed by atoms with E-state index in [1.54, 1.807) is 6.07 Å². The third kappa shape index (κ3) is 3.43. The highest BCUT2D eigenvalue weighted by Crippen LogP contribution is 2.42. The number of alkyl halides is 2. The van der Waals surface area contributed by atoms with E-state index in [9.17, 15) is 18.7 Å². The van der Waals surface area contributed by atoms with Gasteiger partial charge in [-0.2, -0.15) is 0 Å². The number of halogens is 2. The molecule has 1 saturated carbocycles. The molecule has 1 aliphatic carbocycles. The van der Waals surface area contributed by atoms with Crippen LogP contribution in [0.5, 0.6) is 11.5 Å². The Bertz CT molecular complexity index is 476. The number of ether oxygens (including phenoxy) is 1. The van der Waals surface area contributed by atoms with E-state index in [0.29, 0.717) is 12.8 Å². The predicted molar refractivity (Wildman–Crippen MR) is 65.6 cm³/mol. The fourth-order valence-corrected chi connectivity index (χ4v) is 2.40. The SMILES string of the molecule is CC(=O)Oc1ccc(C2CCC(F)(F)CC2)cc1O. The lowest BCUT2D eigenvalue weighted by atomic mass is 9.82. The molecule has 2 rings (SSSR count). The number of phenols is 1. The van der Waals surface area contributed by atoms with E-state index >= 15 is 0 Å². The number of phenolic OH excluding ortho intramolecular Hbond substituents is 1. The number of benzene rings is 1. The summed E-state index contributed by atoms with van der Waals surface area (Å²) in [5.41, 5.74) is 0.809. The molecule has 1 N–H and O–H groups in total. The lowest BCUT2D eigenvalue weighted by Gasteiger charge is -2.28. The smallest absolute Gasteiger partial charge is 0.308 e. The van der Waals surface area contributed by atoms with Crippen LogP contribution >= 0.6 is 0 Å². The molecule has 1 fully saturated rings. The Morgan fingerprint density at radius 1 is 1.37 bits per heavy atom. The van der Waals surface area contributed by atoms with Crippen molar-refractivity contribution in [3.63, 3.8) is 0 Å². The van der Waals surface area contributed by atoms with Gasteiger partial charge in [-0.05, 0) is 36.5 Å². The zero-order valence-electron chi connectivity index (χ0n) is 10.7. The first kappa shape index (κ1) is 13.8. The fourth-order valence-electron chi connectivity index (χ4n) is 2.40. The molecule has 0 bridgehead atoms. The summed E-state index contributed by atoms with van der Waals surface area (Å²) in [6.07, 6.45) is 0.562. The Kier molecular flexibility index (Phi) is 3.73. The largest absolute Gasteiger partial charge is 0.504 e. The van der Waals surface area contributed by atoms with E-state index < -0.39 is 11.9 Å². The van der Waals surface area contributed by atoms with Crippen LogP contribution in [0.1, 0.15) is 44.1 Å². The van der Waals surface area contributed by atoms with Crippen LogP contribution < -0.4 is 4.74 Å². The Morgan fingerprint density at radius 2 is 2.00 bits per heavy atom. The van der Waals surface area contributed by atoms with Gasteiger partial charge in [0.25, 0.3) is 0 Å². The molecular formula is C14H16F2O3. The molecule has 0 aromatic heterocycles. The zero-order chi connectivity index (χ0) is 14.0. The second kappa shape index (κ2) is 5.15. The predicted octanol–water partition coefficient (Wildman–Crippen LogP) is 3.61. The average Bonchev–Trinajstić information content (AvgIpc) is 2.31. The van der Waals surface area contributed by atoms with E-state index in [1.165, 1.54) is 19.1 Å². The highest BCUT2D eigenvalue weighted by atomic mass is 19.3. The van der Waals surface area contributed by atoms with Gasteiger partial charge in [-0.1, -0.05) is 6.07 Å². The Balaban J connectivity index is 2.10. The van der Waals surface area contributed by atoms with E-state index in [-0.39, 0.29) is 30.3 Å². The monoisotopic (exact) mass is 270 g/mol. The molecule has 0 amide bonds. The molecule has 1 aromatic rings. The van der Waals surface area contributed by atoms with Gasteiger partial charge in [-0.25, -0.2) is 8.78 Å². The number of hydrogen-bond donors (Lipinski definition) is 1. The second-order valence-corrected chi connectivity index (χ2v) is 4.95. The normalized spacial score (nSPS) is 19.1. The summed E-state index contributed by atoms with van der Waals surface area (Å²) in [5, 5.41) is 9.75. The standard InChI is InChI=1S/C14H16F2O3/c1-9(17)19-13-3-2-11(8-12(13)18)10-4-6-14(15,16)7-5-10/h2-3,8,10,18H,4-7H2,1H3. The molecule has 0 unspecified atom stereocenters. The van der Waals surface area contributed by atoms with Gasteiger partial charge in [0.05, 0.1) is 0 Å². The van der Waals surface area contributed by atoms with Crippen LogP contribution in [0.2, 0.25) is 0 Å². The fraction of sp³-hybridized carbons (Fsp3) is 0.500. The van der Waals surface area contributed by atoms with E-state index in [2.05, 4.69) is 0 Å². The van der Waals surface area contributed by atoms with E-state index in [0.717, 1.165) is 5.56 Å². The maximum atomic E-state index is 13.1. The summed E-state index contributed by atoms with van der Waals surface area (Å²) >= 11 is 0. The maximum Gasteiger partial charge on any atom is 0.308 e.